The van der Waals surface area contributed by atoms with Crippen LogP contribution < -0.4 is 5.32 Å². The predicted octanol–water partition coefficient (Wildman–Crippen LogP) is 2.30. The minimum Gasteiger partial charge on any atom is -0.449 e. The van der Waals surface area contributed by atoms with Gasteiger partial charge in [0.15, 0.2) is 17.3 Å². The first-order valence-electron chi connectivity index (χ1n) is 7.94. The van der Waals surface area contributed by atoms with Crippen LogP contribution in [0.2, 0.25) is 0 Å². The Labute approximate surface area is 133 Å². The van der Waals surface area contributed by atoms with Crippen molar-refractivity contribution >= 4 is 5.91 Å². The summed E-state index contributed by atoms with van der Waals surface area (Å²) in [4.78, 5) is 18.7. The Bertz CT molecular complexity index is 722. The Hall–Kier alpha value is -2.21. The van der Waals surface area contributed by atoms with Crippen LogP contribution in [-0.2, 0) is 0 Å². The van der Waals surface area contributed by atoms with Gasteiger partial charge < -0.3 is 14.6 Å². The van der Waals surface area contributed by atoms with Crippen LogP contribution in [0.4, 0.5) is 4.39 Å². The van der Waals surface area contributed by atoms with Crippen LogP contribution in [0, 0.1) is 11.7 Å². The lowest BCUT2D eigenvalue weighted by Gasteiger charge is -2.44. The van der Waals surface area contributed by atoms with Crippen molar-refractivity contribution in [1.82, 2.24) is 15.2 Å². The lowest BCUT2D eigenvalue weighted by Crippen LogP contribution is -2.57. The smallest absolute Gasteiger partial charge is 0.287 e. The maximum Gasteiger partial charge on any atom is 0.287 e. The number of hydrogen-bond donors (Lipinski definition) is 1. The lowest BCUT2D eigenvalue weighted by molar-refractivity contribution is 0.0606. The molecule has 23 heavy (non-hydrogen) atoms. The van der Waals surface area contributed by atoms with Crippen molar-refractivity contribution in [2.45, 2.75) is 18.9 Å². The molecule has 0 aromatic carbocycles. The summed E-state index contributed by atoms with van der Waals surface area (Å²) in [7, 11) is 0. The minimum atomic E-state index is -0.466. The summed E-state index contributed by atoms with van der Waals surface area (Å²) in [6.07, 6.45) is 3.76. The highest BCUT2D eigenvalue weighted by Gasteiger charge is 2.35. The van der Waals surface area contributed by atoms with E-state index in [9.17, 15) is 9.18 Å². The summed E-state index contributed by atoms with van der Waals surface area (Å²) in [5, 5.41) is 3.06. The molecular weight excluding hydrogens is 297 g/mol. The molecule has 3 aliphatic heterocycles. The fourth-order valence-corrected chi connectivity index (χ4v) is 3.52. The van der Waals surface area contributed by atoms with Crippen molar-refractivity contribution in [2.24, 2.45) is 5.92 Å². The molecule has 6 heteroatoms. The fraction of sp³-hybridized carbons (Fsp3) is 0.412. The van der Waals surface area contributed by atoms with E-state index in [-0.39, 0.29) is 29.2 Å². The molecule has 1 unspecified atom stereocenters. The summed E-state index contributed by atoms with van der Waals surface area (Å²) in [5.41, 5.74) is 0.120. The van der Waals surface area contributed by atoms with E-state index in [1.807, 2.05) is 0 Å². The van der Waals surface area contributed by atoms with Crippen molar-refractivity contribution in [3.05, 3.63) is 42.0 Å². The summed E-state index contributed by atoms with van der Waals surface area (Å²) in [6.45, 7) is 3.15. The van der Waals surface area contributed by atoms with E-state index < -0.39 is 5.82 Å². The van der Waals surface area contributed by atoms with Crippen LogP contribution >= 0.6 is 0 Å². The molecule has 0 spiro atoms. The Morgan fingerprint density at radius 1 is 1.30 bits per heavy atom. The van der Waals surface area contributed by atoms with Gasteiger partial charge in [-0.1, -0.05) is 0 Å². The lowest BCUT2D eigenvalue weighted by atomic mass is 9.84. The number of hydrogen-bond acceptors (Lipinski definition) is 4. The van der Waals surface area contributed by atoms with Crippen LogP contribution in [0.1, 0.15) is 23.4 Å². The maximum atomic E-state index is 13.7. The molecule has 120 valence electrons. The summed E-state index contributed by atoms with van der Waals surface area (Å²) >= 11 is 0. The van der Waals surface area contributed by atoms with Gasteiger partial charge in [0.05, 0.1) is 0 Å². The van der Waals surface area contributed by atoms with Crippen LogP contribution in [0.5, 0.6) is 0 Å². The fourth-order valence-electron chi connectivity index (χ4n) is 3.52. The van der Waals surface area contributed by atoms with E-state index in [4.69, 9.17) is 4.42 Å². The molecule has 3 fully saturated rings. The number of halogens is 1. The SMILES string of the molecule is O=C(NC1CN2CCC1CC2)c1ccc(-c2ncccc2F)o1. The monoisotopic (exact) mass is 315 g/mol. The molecule has 0 saturated carbocycles. The van der Waals surface area contributed by atoms with Crippen molar-refractivity contribution in [3.8, 4) is 11.5 Å². The van der Waals surface area contributed by atoms with Gasteiger partial charge in [0, 0.05) is 18.8 Å². The zero-order valence-electron chi connectivity index (χ0n) is 12.7. The van der Waals surface area contributed by atoms with E-state index in [0.717, 1.165) is 32.5 Å². The van der Waals surface area contributed by atoms with Gasteiger partial charge >= 0.3 is 0 Å². The van der Waals surface area contributed by atoms with E-state index in [1.54, 1.807) is 12.1 Å². The van der Waals surface area contributed by atoms with Crippen LogP contribution in [-0.4, -0.2) is 41.5 Å². The average molecular weight is 315 g/mol. The highest BCUT2D eigenvalue weighted by atomic mass is 19.1. The Kier molecular flexibility index (Phi) is 3.61. The molecule has 5 nitrogen and oxygen atoms in total. The standard InChI is InChI=1S/C17H18FN3O2/c18-12-2-1-7-19-16(12)14-3-4-15(23-14)17(22)20-13-10-21-8-5-11(13)6-9-21/h1-4,7,11,13H,5-6,8-10H2,(H,20,22). The van der Waals surface area contributed by atoms with Crippen molar-refractivity contribution in [3.63, 3.8) is 0 Å². The first-order chi connectivity index (χ1) is 11.2. The van der Waals surface area contributed by atoms with Gasteiger partial charge in [0.25, 0.3) is 5.91 Å². The summed E-state index contributed by atoms with van der Waals surface area (Å²) in [5.74, 6) is 0.299. The summed E-state index contributed by atoms with van der Waals surface area (Å²) < 4.78 is 19.2. The Morgan fingerprint density at radius 3 is 2.83 bits per heavy atom. The van der Waals surface area contributed by atoms with E-state index >= 15 is 0 Å². The number of nitrogens with one attached hydrogen (secondary N) is 1. The molecule has 1 N–H and O–H groups in total. The highest BCUT2D eigenvalue weighted by Crippen LogP contribution is 2.28. The van der Waals surface area contributed by atoms with Gasteiger partial charge in [-0.15, -0.1) is 0 Å². The van der Waals surface area contributed by atoms with Gasteiger partial charge in [-0.25, -0.2) is 9.37 Å². The zero-order valence-corrected chi connectivity index (χ0v) is 12.7. The third-order valence-corrected chi connectivity index (χ3v) is 4.79. The zero-order chi connectivity index (χ0) is 15.8. The van der Waals surface area contributed by atoms with Crippen LogP contribution in [0.25, 0.3) is 11.5 Å². The number of rotatable bonds is 3. The molecule has 2 aromatic heterocycles. The molecule has 5 heterocycles. The second kappa shape index (κ2) is 5.77. The van der Waals surface area contributed by atoms with Crippen molar-refractivity contribution in [2.75, 3.05) is 19.6 Å². The minimum absolute atomic E-state index is 0.120. The van der Waals surface area contributed by atoms with Crippen molar-refractivity contribution < 1.29 is 13.6 Å². The normalized spacial score (nSPS) is 26.2. The third kappa shape index (κ3) is 2.74. The molecule has 2 bridgehead atoms. The van der Waals surface area contributed by atoms with Crippen LogP contribution in [0.3, 0.4) is 0 Å². The number of aromatic nitrogens is 1. The molecule has 0 aliphatic carbocycles. The Balaban J connectivity index is 1.48. The van der Waals surface area contributed by atoms with Crippen LogP contribution in [0.15, 0.2) is 34.9 Å². The summed E-state index contributed by atoms with van der Waals surface area (Å²) in [6, 6.07) is 6.16. The average Bonchev–Trinajstić information content (AvgIpc) is 3.06. The maximum absolute atomic E-state index is 13.7. The number of amides is 1. The van der Waals surface area contributed by atoms with Gasteiger partial charge in [-0.05, 0) is 56.1 Å². The van der Waals surface area contributed by atoms with E-state index in [2.05, 4.69) is 15.2 Å². The molecule has 3 saturated heterocycles. The molecule has 3 aliphatic rings. The molecule has 1 amide bonds. The number of carbonyl (C=O) groups excluding carboxylic acids is 1. The van der Waals surface area contributed by atoms with Crippen molar-refractivity contribution in [1.29, 1.82) is 0 Å². The second-order valence-corrected chi connectivity index (χ2v) is 6.22. The molecule has 5 rings (SSSR count). The first kappa shape index (κ1) is 14.4. The molecular formula is C17H18FN3O2. The molecule has 2 aromatic rings. The first-order valence-corrected chi connectivity index (χ1v) is 7.94. The van der Waals surface area contributed by atoms with Gasteiger partial charge in [-0.2, -0.15) is 0 Å². The Morgan fingerprint density at radius 2 is 2.13 bits per heavy atom. The topological polar surface area (TPSA) is 58.4 Å². The molecule has 1 atom stereocenters. The van der Waals surface area contributed by atoms with E-state index in [1.165, 1.54) is 18.3 Å². The van der Waals surface area contributed by atoms with E-state index in [0.29, 0.717) is 5.92 Å². The number of fused-ring (bicyclic) bond motifs is 3. The number of carbonyl (C=O) groups is 1. The number of pyridine rings is 1. The number of nitrogens with zero attached hydrogens (tertiary/aromatic N) is 2. The molecule has 0 radical (unpaired) electrons. The van der Waals surface area contributed by atoms with Gasteiger partial charge in [0.2, 0.25) is 0 Å². The largest absolute Gasteiger partial charge is 0.449 e. The van der Waals surface area contributed by atoms with Gasteiger partial charge in [-0.3, -0.25) is 4.79 Å². The van der Waals surface area contributed by atoms with Gasteiger partial charge in [0.1, 0.15) is 5.69 Å². The third-order valence-electron chi connectivity index (χ3n) is 4.79. The second-order valence-electron chi connectivity index (χ2n) is 6.22. The number of furan rings is 1. The number of piperidine rings is 3. The predicted molar refractivity (Wildman–Crippen MR) is 82.3 cm³/mol. The highest BCUT2D eigenvalue weighted by molar-refractivity contribution is 5.92. The quantitative estimate of drug-likeness (QED) is 0.944.